The van der Waals surface area contributed by atoms with Gasteiger partial charge in [0.2, 0.25) is 0 Å². The van der Waals surface area contributed by atoms with Gasteiger partial charge in [-0.3, -0.25) is 14.4 Å². The molecule has 0 aromatic rings. The van der Waals surface area contributed by atoms with Crippen molar-refractivity contribution in [1.29, 1.82) is 0 Å². The maximum Gasteiger partial charge on any atom is 0.306 e. The summed E-state index contributed by atoms with van der Waals surface area (Å²) in [6.45, 7) is 11.5. The fourth-order valence-electron chi connectivity index (χ4n) is 10.1. The van der Waals surface area contributed by atoms with Crippen LogP contribution in [-0.4, -0.2) is 37.2 Å². The molecule has 0 aliphatic carbocycles. The van der Waals surface area contributed by atoms with Crippen LogP contribution >= 0.6 is 0 Å². The summed E-state index contributed by atoms with van der Waals surface area (Å²) in [5.41, 5.74) is 0. The van der Waals surface area contributed by atoms with Crippen molar-refractivity contribution in [2.24, 2.45) is 11.8 Å². The minimum Gasteiger partial charge on any atom is -0.462 e. The molecule has 71 heavy (non-hydrogen) atoms. The summed E-state index contributed by atoms with van der Waals surface area (Å²) in [6, 6.07) is 0. The van der Waals surface area contributed by atoms with Crippen molar-refractivity contribution in [3.63, 3.8) is 0 Å². The van der Waals surface area contributed by atoms with Gasteiger partial charge in [0.25, 0.3) is 0 Å². The first-order valence-electron chi connectivity index (χ1n) is 32.3. The van der Waals surface area contributed by atoms with Crippen molar-refractivity contribution in [3.8, 4) is 0 Å². The number of esters is 3. The van der Waals surface area contributed by atoms with Gasteiger partial charge in [0.1, 0.15) is 13.2 Å². The van der Waals surface area contributed by atoms with E-state index in [0.29, 0.717) is 19.3 Å². The lowest BCUT2D eigenvalue weighted by atomic mass is 9.99. The molecule has 0 saturated heterocycles. The molecular weight excluding hydrogens is 877 g/mol. The van der Waals surface area contributed by atoms with E-state index < -0.39 is 6.10 Å². The van der Waals surface area contributed by atoms with E-state index in [2.05, 4.69) is 34.6 Å². The average Bonchev–Trinajstić information content (AvgIpc) is 3.36. The quantitative estimate of drug-likeness (QED) is 0.0343. The second kappa shape index (κ2) is 57.7. The monoisotopic (exact) mass is 1000 g/mol. The number of rotatable bonds is 59. The molecule has 0 rings (SSSR count). The highest BCUT2D eigenvalue weighted by molar-refractivity contribution is 5.71. The first kappa shape index (κ1) is 69.4. The predicted molar refractivity (Wildman–Crippen MR) is 307 cm³/mol. The van der Waals surface area contributed by atoms with Crippen LogP contribution in [0.1, 0.15) is 369 Å². The molecule has 0 aliphatic heterocycles. The van der Waals surface area contributed by atoms with Crippen molar-refractivity contribution in [3.05, 3.63) is 0 Å². The van der Waals surface area contributed by atoms with E-state index in [1.807, 2.05) is 0 Å². The van der Waals surface area contributed by atoms with E-state index >= 15 is 0 Å². The zero-order valence-electron chi connectivity index (χ0n) is 48.9. The summed E-state index contributed by atoms with van der Waals surface area (Å²) in [7, 11) is 0. The van der Waals surface area contributed by atoms with Gasteiger partial charge in [0.05, 0.1) is 0 Å². The molecule has 0 spiro atoms. The Kier molecular flexibility index (Phi) is 56.4. The molecule has 2 atom stereocenters. The molecule has 422 valence electrons. The molecule has 0 aromatic carbocycles. The lowest BCUT2D eigenvalue weighted by molar-refractivity contribution is -0.167. The highest BCUT2D eigenvalue weighted by Gasteiger charge is 2.19. The highest BCUT2D eigenvalue weighted by Crippen LogP contribution is 2.19. The molecular formula is C65H126O6. The summed E-state index contributed by atoms with van der Waals surface area (Å²) in [5, 5.41) is 0. The van der Waals surface area contributed by atoms with Crippen LogP contribution in [0, 0.1) is 11.8 Å². The zero-order valence-corrected chi connectivity index (χ0v) is 48.9. The molecule has 0 aromatic heterocycles. The topological polar surface area (TPSA) is 78.9 Å². The van der Waals surface area contributed by atoms with E-state index in [1.165, 1.54) is 257 Å². The lowest BCUT2D eigenvalue weighted by Crippen LogP contribution is -2.30. The smallest absolute Gasteiger partial charge is 0.306 e. The number of hydrogen-bond donors (Lipinski definition) is 0. The average molecular weight is 1000 g/mol. The summed E-state index contributed by atoms with van der Waals surface area (Å²) in [4.78, 5) is 38.3. The van der Waals surface area contributed by atoms with Crippen LogP contribution in [0.5, 0.6) is 0 Å². The standard InChI is InChI=1S/C65H126O6/c1-6-8-9-10-11-12-13-14-25-30-35-40-45-50-55-63(66)69-58-62(59-70-64(67)56-51-46-41-36-31-26-22-21-24-29-34-39-44-49-54-61(5)7-2)71-65(68)57-52-47-42-37-32-27-20-18-16-15-17-19-23-28-33-38-43-48-53-60(3)4/h60-62H,6-59H2,1-5H3/t61?,62-/m0/s1. The second-order valence-electron chi connectivity index (χ2n) is 23.1. The van der Waals surface area contributed by atoms with Gasteiger partial charge < -0.3 is 14.2 Å². The van der Waals surface area contributed by atoms with Crippen LogP contribution in [0.2, 0.25) is 0 Å². The maximum absolute atomic E-state index is 12.9. The van der Waals surface area contributed by atoms with Gasteiger partial charge in [-0.25, -0.2) is 0 Å². The second-order valence-corrected chi connectivity index (χ2v) is 23.1. The fourth-order valence-corrected chi connectivity index (χ4v) is 10.1. The summed E-state index contributed by atoms with van der Waals surface area (Å²) < 4.78 is 17.0. The molecule has 0 heterocycles. The van der Waals surface area contributed by atoms with Gasteiger partial charge in [-0.2, -0.15) is 0 Å². The predicted octanol–water partition coefficient (Wildman–Crippen LogP) is 21.6. The molecule has 0 bridgehead atoms. The Balaban J connectivity index is 4.27. The van der Waals surface area contributed by atoms with Crippen molar-refractivity contribution < 1.29 is 28.6 Å². The van der Waals surface area contributed by atoms with Gasteiger partial charge in [-0.15, -0.1) is 0 Å². The molecule has 0 saturated carbocycles. The molecule has 0 aliphatic rings. The third-order valence-corrected chi connectivity index (χ3v) is 15.3. The van der Waals surface area contributed by atoms with Crippen molar-refractivity contribution in [1.82, 2.24) is 0 Å². The van der Waals surface area contributed by atoms with Gasteiger partial charge in [0.15, 0.2) is 6.10 Å². The minimum atomic E-state index is -0.763. The molecule has 1 unspecified atom stereocenters. The third-order valence-electron chi connectivity index (χ3n) is 15.3. The molecule has 0 radical (unpaired) electrons. The molecule has 6 heteroatoms. The molecule has 0 amide bonds. The largest absolute Gasteiger partial charge is 0.462 e. The number of carbonyl (C=O) groups excluding carboxylic acids is 3. The first-order chi connectivity index (χ1) is 34.8. The lowest BCUT2D eigenvalue weighted by Gasteiger charge is -2.18. The number of unbranched alkanes of at least 4 members (excludes halogenated alkanes) is 43. The number of hydrogen-bond acceptors (Lipinski definition) is 6. The molecule has 0 fully saturated rings. The van der Waals surface area contributed by atoms with Crippen molar-refractivity contribution in [2.75, 3.05) is 13.2 Å². The number of ether oxygens (including phenoxy) is 3. The Morgan fingerprint density at radius 2 is 0.535 bits per heavy atom. The van der Waals surface area contributed by atoms with Crippen LogP contribution in [0.15, 0.2) is 0 Å². The van der Waals surface area contributed by atoms with Crippen LogP contribution in [0.3, 0.4) is 0 Å². The normalized spacial score (nSPS) is 12.4. The summed E-state index contributed by atoms with van der Waals surface area (Å²) in [6.07, 6.45) is 63.8. The van der Waals surface area contributed by atoms with E-state index in [0.717, 1.165) is 69.6 Å². The Labute approximate surface area is 444 Å². The van der Waals surface area contributed by atoms with Crippen molar-refractivity contribution in [2.45, 2.75) is 375 Å². The Bertz CT molecular complexity index is 1090. The van der Waals surface area contributed by atoms with E-state index in [1.54, 1.807) is 0 Å². The SMILES string of the molecule is CCCCCCCCCCCCCCCCC(=O)OC[C@@H](COC(=O)CCCCCCCCCCCCCCCCC(C)CC)OC(=O)CCCCCCCCCCCCCCCCCCCCC(C)C. The summed E-state index contributed by atoms with van der Waals surface area (Å²) >= 11 is 0. The molecule has 0 N–H and O–H groups in total. The first-order valence-corrected chi connectivity index (χ1v) is 32.3. The van der Waals surface area contributed by atoms with Gasteiger partial charge in [-0.1, -0.05) is 330 Å². The van der Waals surface area contributed by atoms with E-state index in [9.17, 15) is 14.4 Å². The highest BCUT2D eigenvalue weighted by atomic mass is 16.6. The van der Waals surface area contributed by atoms with E-state index in [4.69, 9.17) is 14.2 Å². The maximum atomic E-state index is 12.9. The van der Waals surface area contributed by atoms with Gasteiger partial charge in [0, 0.05) is 19.3 Å². The van der Waals surface area contributed by atoms with Crippen LogP contribution < -0.4 is 0 Å². The van der Waals surface area contributed by atoms with Gasteiger partial charge in [-0.05, 0) is 31.1 Å². The molecule has 6 nitrogen and oxygen atoms in total. The zero-order chi connectivity index (χ0) is 51.8. The Hall–Kier alpha value is -1.59. The van der Waals surface area contributed by atoms with Crippen molar-refractivity contribution >= 4 is 17.9 Å². The van der Waals surface area contributed by atoms with Crippen LogP contribution in [-0.2, 0) is 28.6 Å². The third kappa shape index (κ3) is 57.5. The van der Waals surface area contributed by atoms with Crippen LogP contribution in [0.25, 0.3) is 0 Å². The van der Waals surface area contributed by atoms with Crippen LogP contribution in [0.4, 0.5) is 0 Å². The minimum absolute atomic E-state index is 0.0618. The Morgan fingerprint density at radius 1 is 0.296 bits per heavy atom. The Morgan fingerprint density at radius 3 is 0.803 bits per heavy atom. The van der Waals surface area contributed by atoms with Gasteiger partial charge >= 0.3 is 17.9 Å². The summed E-state index contributed by atoms with van der Waals surface area (Å²) in [5.74, 6) is 0.924. The fraction of sp³-hybridized carbons (Fsp3) is 0.954. The van der Waals surface area contributed by atoms with E-state index in [-0.39, 0.29) is 31.1 Å². The number of carbonyl (C=O) groups is 3.